The molecule has 0 aliphatic rings. The molecule has 0 aliphatic carbocycles. The van der Waals surface area contributed by atoms with Crippen molar-refractivity contribution in [1.29, 1.82) is 0 Å². The van der Waals surface area contributed by atoms with E-state index in [1.54, 1.807) is 42.5 Å². The van der Waals surface area contributed by atoms with Gasteiger partial charge in [-0.2, -0.15) is 0 Å². The lowest BCUT2D eigenvalue weighted by atomic mass is 10.2. The Bertz CT molecular complexity index is 619. The molecule has 2 rings (SSSR count). The van der Waals surface area contributed by atoms with Crippen LogP contribution in [0.2, 0.25) is 0 Å². The van der Waals surface area contributed by atoms with E-state index in [1.165, 1.54) is 17.8 Å². The Morgan fingerprint density at radius 1 is 1.19 bits per heavy atom. The van der Waals surface area contributed by atoms with Gasteiger partial charge in [0.15, 0.2) is 0 Å². The third kappa shape index (κ3) is 5.11. The lowest BCUT2D eigenvalue weighted by molar-refractivity contribution is -0.116. The van der Waals surface area contributed by atoms with E-state index in [1.807, 2.05) is 0 Å². The van der Waals surface area contributed by atoms with E-state index in [2.05, 4.69) is 5.32 Å². The van der Waals surface area contributed by atoms with E-state index in [0.717, 1.165) is 0 Å². The van der Waals surface area contributed by atoms with Crippen LogP contribution in [0.25, 0.3) is 0 Å². The van der Waals surface area contributed by atoms with Gasteiger partial charge in [0.25, 0.3) is 0 Å². The number of halogens is 1. The summed E-state index contributed by atoms with van der Waals surface area (Å²) in [5.41, 5.74) is 6.95. The van der Waals surface area contributed by atoms with Crippen LogP contribution in [0.3, 0.4) is 0 Å². The molecule has 21 heavy (non-hydrogen) atoms. The number of thioether (sulfide) groups is 1. The molecule has 0 radical (unpaired) electrons. The summed E-state index contributed by atoms with van der Waals surface area (Å²) in [5, 5.41) is 2.79. The molecule has 0 saturated heterocycles. The first kappa shape index (κ1) is 15.4. The lowest BCUT2D eigenvalue weighted by Gasteiger charge is -2.06. The van der Waals surface area contributed by atoms with Gasteiger partial charge in [-0.15, -0.1) is 11.8 Å². The molecule has 0 fully saturated rings. The first-order valence-corrected chi connectivity index (χ1v) is 7.66. The van der Waals surface area contributed by atoms with E-state index in [4.69, 9.17) is 5.73 Å². The highest BCUT2D eigenvalue weighted by Crippen LogP contribution is 2.22. The van der Waals surface area contributed by atoms with Gasteiger partial charge in [-0.05, 0) is 42.5 Å². The van der Waals surface area contributed by atoms with Gasteiger partial charge in [0.05, 0.1) is 0 Å². The second kappa shape index (κ2) is 7.69. The number of benzene rings is 2. The Morgan fingerprint density at radius 3 is 2.76 bits per heavy atom. The van der Waals surface area contributed by atoms with Crippen molar-refractivity contribution in [1.82, 2.24) is 0 Å². The fraction of sp³-hybridized carbons (Fsp3) is 0.188. The molecular weight excluding hydrogens is 287 g/mol. The summed E-state index contributed by atoms with van der Waals surface area (Å²) in [6.07, 6.45) is 1.09. The molecule has 0 heterocycles. The number of nitrogen functional groups attached to an aromatic ring is 1. The number of hydrogen-bond donors (Lipinski definition) is 2. The zero-order valence-corrected chi connectivity index (χ0v) is 12.3. The van der Waals surface area contributed by atoms with Crippen LogP contribution in [0.1, 0.15) is 12.8 Å². The third-order valence-electron chi connectivity index (χ3n) is 2.81. The van der Waals surface area contributed by atoms with E-state index >= 15 is 0 Å². The van der Waals surface area contributed by atoms with E-state index in [-0.39, 0.29) is 11.7 Å². The smallest absolute Gasteiger partial charge is 0.224 e. The van der Waals surface area contributed by atoms with Crippen LogP contribution in [0.5, 0.6) is 0 Å². The maximum absolute atomic E-state index is 13.4. The van der Waals surface area contributed by atoms with E-state index in [0.29, 0.717) is 34.9 Å². The van der Waals surface area contributed by atoms with Gasteiger partial charge in [0.1, 0.15) is 5.82 Å². The maximum atomic E-state index is 13.4. The first-order valence-electron chi connectivity index (χ1n) is 6.68. The number of nitrogens with one attached hydrogen (secondary N) is 1. The maximum Gasteiger partial charge on any atom is 0.224 e. The second-order valence-electron chi connectivity index (χ2n) is 4.56. The molecule has 0 saturated carbocycles. The quantitative estimate of drug-likeness (QED) is 0.483. The van der Waals surface area contributed by atoms with Gasteiger partial charge in [0, 0.05) is 22.7 Å². The van der Waals surface area contributed by atoms with Crippen LogP contribution >= 0.6 is 11.8 Å². The predicted octanol–water partition coefficient (Wildman–Crippen LogP) is 3.92. The molecule has 0 unspecified atom stereocenters. The van der Waals surface area contributed by atoms with Gasteiger partial charge in [0.2, 0.25) is 5.91 Å². The molecule has 0 bridgehead atoms. The van der Waals surface area contributed by atoms with Crippen molar-refractivity contribution in [2.75, 3.05) is 16.8 Å². The summed E-state index contributed by atoms with van der Waals surface area (Å²) >= 11 is 1.42. The van der Waals surface area contributed by atoms with Crippen molar-refractivity contribution in [3.63, 3.8) is 0 Å². The van der Waals surface area contributed by atoms with Gasteiger partial charge >= 0.3 is 0 Å². The summed E-state index contributed by atoms with van der Waals surface area (Å²) in [6, 6.07) is 13.7. The molecule has 5 heteroatoms. The van der Waals surface area contributed by atoms with Gasteiger partial charge < -0.3 is 11.1 Å². The summed E-state index contributed by atoms with van der Waals surface area (Å²) in [4.78, 5) is 12.4. The van der Waals surface area contributed by atoms with Crippen LogP contribution in [0.15, 0.2) is 53.4 Å². The average molecular weight is 304 g/mol. The number of carbonyl (C=O) groups is 1. The van der Waals surface area contributed by atoms with Crippen molar-refractivity contribution in [2.24, 2.45) is 0 Å². The van der Waals surface area contributed by atoms with Crippen LogP contribution in [0, 0.1) is 5.82 Å². The fourth-order valence-corrected chi connectivity index (χ4v) is 2.71. The predicted molar refractivity (Wildman–Crippen MR) is 85.8 cm³/mol. The highest BCUT2D eigenvalue weighted by atomic mass is 32.2. The lowest BCUT2D eigenvalue weighted by Crippen LogP contribution is -2.11. The van der Waals surface area contributed by atoms with Crippen LogP contribution < -0.4 is 11.1 Å². The monoisotopic (exact) mass is 304 g/mol. The number of rotatable bonds is 6. The Morgan fingerprint density at radius 2 is 2.00 bits per heavy atom. The van der Waals surface area contributed by atoms with Gasteiger partial charge in [-0.3, -0.25) is 4.79 Å². The Kier molecular flexibility index (Phi) is 5.63. The van der Waals surface area contributed by atoms with Crippen molar-refractivity contribution in [3.05, 3.63) is 54.3 Å². The molecular formula is C16H17FN2OS. The number of hydrogen-bond acceptors (Lipinski definition) is 3. The molecule has 0 spiro atoms. The Balaban J connectivity index is 1.71. The fourth-order valence-electron chi connectivity index (χ4n) is 1.82. The number of carbonyl (C=O) groups excluding carboxylic acids is 1. The SMILES string of the molecule is Nc1cccc(NC(=O)CCCSc2ccccc2F)c1. The highest BCUT2D eigenvalue weighted by molar-refractivity contribution is 7.99. The Hall–Kier alpha value is -2.01. The molecule has 0 aliphatic heterocycles. The van der Waals surface area contributed by atoms with Crippen LogP contribution in [-0.2, 0) is 4.79 Å². The number of nitrogens with two attached hydrogens (primary N) is 1. The van der Waals surface area contributed by atoms with Crippen LogP contribution in [-0.4, -0.2) is 11.7 Å². The van der Waals surface area contributed by atoms with Crippen molar-refractivity contribution < 1.29 is 9.18 Å². The molecule has 3 nitrogen and oxygen atoms in total. The molecule has 3 N–H and O–H groups in total. The summed E-state index contributed by atoms with van der Waals surface area (Å²) in [7, 11) is 0. The summed E-state index contributed by atoms with van der Waals surface area (Å²) < 4.78 is 13.4. The van der Waals surface area contributed by atoms with Gasteiger partial charge in [-0.25, -0.2) is 4.39 Å². The zero-order chi connectivity index (χ0) is 15.1. The Labute approximate surface area is 127 Å². The molecule has 1 amide bonds. The van der Waals surface area contributed by atoms with Crippen molar-refractivity contribution in [2.45, 2.75) is 17.7 Å². The highest BCUT2D eigenvalue weighted by Gasteiger charge is 2.04. The summed E-state index contributed by atoms with van der Waals surface area (Å²) in [5.74, 6) is 0.423. The van der Waals surface area contributed by atoms with Crippen molar-refractivity contribution >= 4 is 29.0 Å². The number of anilines is 2. The average Bonchev–Trinajstić information content (AvgIpc) is 2.45. The number of amides is 1. The first-order chi connectivity index (χ1) is 10.1. The third-order valence-corrected chi connectivity index (χ3v) is 3.95. The molecule has 0 aromatic heterocycles. The minimum Gasteiger partial charge on any atom is -0.399 e. The minimum absolute atomic E-state index is 0.0604. The summed E-state index contributed by atoms with van der Waals surface area (Å²) in [6.45, 7) is 0. The zero-order valence-electron chi connectivity index (χ0n) is 11.5. The van der Waals surface area contributed by atoms with Crippen LogP contribution in [0.4, 0.5) is 15.8 Å². The standard InChI is InChI=1S/C16H17FN2OS/c17-14-7-1-2-8-15(14)21-10-4-9-16(20)19-13-6-3-5-12(18)11-13/h1-3,5-8,11H,4,9-10,18H2,(H,19,20). The second-order valence-corrected chi connectivity index (χ2v) is 5.69. The normalized spacial score (nSPS) is 10.3. The molecule has 0 atom stereocenters. The van der Waals surface area contributed by atoms with E-state index in [9.17, 15) is 9.18 Å². The molecule has 2 aromatic rings. The minimum atomic E-state index is -0.216. The molecule has 110 valence electrons. The molecule has 2 aromatic carbocycles. The topological polar surface area (TPSA) is 55.1 Å². The van der Waals surface area contributed by atoms with Gasteiger partial charge in [-0.1, -0.05) is 18.2 Å². The largest absolute Gasteiger partial charge is 0.399 e. The van der Waals surface area contributed by atoms with Crippen molar-refractivity contribution in [3.8, 4) is 0 Å². The van der Waals surface area contributed by atoms with E-state index < -0.39 is 0 Å².